The maximum atomic E-state index is 5.89. The quantitative estimate of drug-likeness (QED) is 0.743. The number of likely N-dealkylation sites (N-methyl/N-ethyl adjacent to an activating group) is 1. The van der Waals surface area contributed by atoms with E-state index in [0.29, 0.717) is 13.2 Å². The highest BCUT2D eigenvalue weighted by Gasteiger charge is 2.30. The smallest absolute Gasteiger partial charge is 0.0656 e. The van der Waals surface area contributed by atoms with Gasteiger partial charge >= 0.3 is 0 Å². The van der Waals surface area contributed by atoms with Crippen molar-refractivity contribution >= 4 is 0 Å². The molecule has 1 saturated heterocycles. The Morgan fingerprint density at radius 1 is 1.41 bits per heavy atom. The molecule has 0 aromatic rings. The molecule has 1 heterocycles. The lowest BCUT2D eigenvalue weighted by Gasteiger charge is -2.41. The first kappa shape index (κ1) is 14.9. The van der Waals surface area contributed by atoms with Gasteiger partial charge in [-0.25, -0.2) is 0 Å². The Balaban J connectivity index is 2.44. The molecule has 0 amide bonds. The minimum absolute atomic E-state index is 0.0297. The minimum atomic E-state index is -0.0297. The summed E-state index contributed by atoms with van der Waals surface area (Å²) < 4.78 is 5.30. The predicted octanol–water partition coefficient (Wildman–Crippen LogP) is 0.624. The van der Waals surface area contributed by atoms with Gasteiger partial charge in [0, 0.05) is 20.2 Å². The zero-order chi connectivity index (χ0) is 12.9. The Morgan fingerprint density at radius 3 is 2.47 bits per heavy atom. The number of nitrogens with zero attached hydrogens (tertiary/aromatic N) is 2. The zero-order valence-electron chi connectivity index (χ0n) is 11.9. The summed E-state index contributed by atoms with van der Waals surface area (Å²) in [5.41, 5.74) is 5.86. The van der Waals surface area contributed by atoms with Crippen molar-refractivity contribution in [2.24, 2.45) is 11.7 Å². The van der Waals surface area contributed by atoms with Gasteiger partial charge in [-0.1, -0.05) is 0 Å². The van der Waals surface area contributed by atoms with Crippen LogP contribution in [0.15, 0.2) is 0 Å². The summed E-state index contributed by atoms with van der Waals surface area (Å²) in [6.45, 7) is 7.11. The minimum Gasteiger partial charge on any atom is -0.383 e. The molecule has 0 radical (unpaired) electrons. The van der Waals surface area contributed by atoms with E-state index in [2.05, 4.69) is 30.8 Å². The first-order valence-electron chi connectivity index (χ1n) is 6.60. The maximum absolute atomic E-state index is 5.89. The van der Waals surface area contributed by atoms with E-state index in [-0.39, 0.29) is 5.54 Å². The monoisotopic (exact) mass is 243 g/mol. The fourth-order valence-corrected chi connectivity index (χ4v) is 2.49. The summed E-state index contributed by atoms with van der Waals surface area (Å²) in [4.78, 5) is 4.79. The van der Waals surface area contributed by atoms with Crippen LogP contribution >= 0.6 is 0 Å². The zero-order valence-corrected chi connectivity index (χ0v) is 11.9. The third kappa shape index (κ3) is 4.21. The number of likely N-dealkylation sites (tertiary alicyclic amines) is 1. The van der Waals surface area contributed by atoms with Crippen LogP contribution < -0.4 is 5.73 Å². The lowest BCUT2D eigenvalue weighted by Crippen LogP contribution is -2.54. The summed E-state index contributed by atoms with van der Waals surface area (Å²) >= 11 is 0. The number of hydrogen-bond donors (Lipinski definition) is 1. The van der Waals surface area contributed by atoms with Crippen LogP contribution in [0.25, 0.3) is 0 Å². The molecule has 102 valence electrons. The van der Waals surface area contributed by atoms with E-state index in [1.54, 1.807) is 7.11 Å². The molecule has 1 aliphatic rings. The van der Waals surface area contributed by atoms with Gasteiger partial charge in [0.2, 0.25) is 0 Å². The molecule has 0 spiro atoms. The molecule has 0 aromatic heterocycles. The van der Waals surface area contributed by atoms with Gasteiger partial charge in [0.25, 0.3) is 0 Å². The molecule has 1 aliphatic heterocycles. The number of hydrogen-bond acceptors (Lipinski definition) is 4. The summed E-state index contributed by atoms with van der Waals surface area (Å²) in [5.74, 6) is 0.805. The van der Waals surface area contributed by atoms with Crippen LogP contribution in [-0.4, -0.2) is 69.3 Å². The van der Waals surface area contributed by atoms with Gasteiger partial charge in [-0.05, 0) is 52.9 Å². The molecular weight excluding hydrogens is 214 g/mol. The lowest BCUT2D eigenvalue weighted by molar-refractivity contribution is 0.0280. The largest absolute Gasteiger partial charge is 0.383 e. The molecule has 1 unspecified atom stereocenters. The van der Waals surface area contributed by atoms with Crippen LogP contribution in [0.1, 0.15) is 19.8 Å². The van der Waals surface area contributed by atoms with Gasteiger partial charge < -0.3 is 15.4 Å². The fourth-order valence-electron chi connectivity index (χ4n) is 2.49. The second-order valence-electron chi connectivity index (χ2n) is 5.76. The highest BCUT2D eigenvalue weighted by atomic mass is 16.5. The fraction of sp³-hybridized carbons (Fsp3) is 1.00. The average molecular weight is 243 g/mol. The molecule has 0 aliphatic carbocycles. The van der Waals surface area contributed by atoms with E-state index < -0.39 is 0 Å². The van der Waals surface area contributed by atoms with E-state index in [9.17, 15) is 0 Å². The third-order valence-corrected chi connectivity index (χ3v) is 4.19. The Bertz CT molecular complexity index is 217. The van der Waals surface area contributed by atoms with Crippen molar-refractivity contribution in [1.29, 1.82) is 0 Å². The summed E-state index contributed by atoms with van der Waals surface area (Å²) in [5, 5.41) is 0. The topological polar surface area (TPSA) is 41.7 Å². The van der Waals surface area contributed by atoms with Crippen LogP contribution in [0.5, 0.6) is 0 Å². The van der Waals surface area contributed by atoms with Crippen LogP contribution in [-0.2, 0) is 4.74 Å². The Morgan fingerprint density at radius 2 is 2.00 bits per heavy atom. The normalized spacial score (nSPS) is 22.9. The van der Waals surface area contributed by atoms with E-state index in [1.165, 1.54) is 25.9 Å². The van der Waals surface area contributed by atoms with Gasteiger partial charge in [0.15, 0.2) is 0 Å². The molecule has 0 saturated carbocycles. The molecule has 17 heavy (non-hydrogen) atoms. The van der Waals surface area contributed by atoms with Crippen LogP contribution in [0.4, 0.5) is 0 Å². The number of piperidine rings is 1. The molecule has 2 N–H and O–H groups in total. The van der Waals surface area contributed by atoms with Crippen molar-refractivity contribution in [2.45, 2.75) is 25.3 Å². The van der Waals surface area contributed by atoms with E-state index in [0.717, 1.165) is 12.5 Å². The van der Waals surface area contributed by atoms with Gasteiger partial charge in [0.05, 0.1) is 12.1 Å². The van der Waals surface area contributed by atoms with E-state index >= 15 is 0 Å². The molecule has 0 bridgehead atoms. The van der Waals surface area contributed by atoms with E-state index in [4.69, 9.17) is 10.5 Å². The standard InChI is InChI=1S/C13H29N3O/c1-13(10-14,11-17-4)16(3)9-12-5-7-15(2)8-6-12/h12H,5-11,14H2,1-4H3. The van der Waals surface area contributed by atoms with Gasteiger partial charge in [-0.3, -0.25) is 4.90 Å². The van der Waals surface area contributed by atoms with Crippen molar-refractivity contribution in [3.05, 3.63) is 0 Å². The predicted molar refractivity (Wildman–Crippen MR) is 72.2 cm³/mol. The number of methoxy groups -OCH3 is 1. The van der Waals surface area contributed by atoms with Gasteiger partial charge in [0.1, 0.15) is 0 Å². The summed E-state index contributed by atoms with van der Waals surface area (Å²) in [7, 11) is 6.12. The number of nitrogens with two attached hydrogens (primary N) is 1. The lowest BCUT2D eigenvalue weighted by atomic mass is 9.93. The van der Waals surface area contributed by atoms with Gasteiger partial charge in [-0.15, -0.1) is 0 Å². The van der Waals surface area contributed by atoms with Crippen molar-refractivity contribution in [3.8, 4) is 0 Å². The first-order valence-corrected chi connectivity index (χ1v) is 6.60. The van der Waals surface area contributed by atoms with Crippen LogP contribution in [0.2, 0.25) is 0 Å². The second kappa shape index (κ2) is 6.69. The van der Waals surface area contributed by atoms with Crippen molar-refractivity contribution < 1.29 is 4.74 Å². The molecule has 4 nitrogen and oxygen atoms in total. The summed E-state index contributed by atoms with van der Waals surface area (Å²) in [6.07, 6.45) is 2.60. The van der Waals surface area contributed by atoms with Crippen LogP contribution in [0.3, 0.4) is 0 Å². The van der Waals surface area contributed by atoms with Crippen molar-refractivity contribution in [3.63, 3.8) is 0 Å². The average Bonchev–Trinajstić information content (AvgIpc) is 2.32. The molecule has 1 fully saturated rings. The third-order valence-electron chi connectivity index (χ3n) is 4.19. The van der Waals surface area contributed by atoms with Gasteiger partial charge in [-0.2, -0.15) is 0 Å². The Kier molecular flexibility index (Phi) is 5.86. The number of ether oxygens (including phenoxy) is 1. The molecule has 4 heteroatoms. The van der Waals surface area contributed by atoms with E-state index in [1.807, 2.05) is 0 Å². The highest BCUT2D eigenvalue weighted by Crippen LogP contribution is 2.21. The van der Waals surface area contributed by atoms with Crippen molar-refractivity contribution in [2.75, 3.05) is 54.0 Å². The molecule has 1 rings (SSSR count). The molecule has 1 atom stereocenters. The Hall–Kier alpha value is -0.160. The Labute approximate surface area is 106 Å². The van der Waals surface area contributed by atoms with Crippen LogP contribution in [0, 0.1) is 5.92 Å². The SMILES string of the molecule is COCC(C)(CN)N(C)CC1CCN(C)CC1. The highest BCUT2D eigenvalue weighted by molar-refractivity contribution is 4.87. The van der Waals surface area contributed by atoms with Crippen molar-refractivity contribution in [1.82, 2.24) is 9.80 Å². The maximum Gasteiger partial charge on any atom is 0.0656 e. The second-order valence-corrected chi connectivity index (χ2v) is 5.76. The summed E-state index contributed by atoms with van der Waals surface area (Å²) in [6, 6.07) is 0. The number of rotatable bonds is 6. The molecule has 0 aromatic carbocycles. The molecular formula is C13H29N3O. The first-order chi connectivity index (χ1) is 8.01.